The van der Waals surface area contributed by atoms with E-state index in [2.05, 4.69) is 4.90 Å². The van der Waals surface area contributed by atoms with Crippen molar-refractivity contribution in [3.63, 3.8) is 0 Å². The molecule has 0 spiro atoms. The van der Waals surface area contributed by atoms with Crippen molar-refractivity contribution in [1.29, 1.82) is 0 Å². The predicted octanol–water partition coefficient (Wildman–Crippen LogP) is 4.92. The second-order valence-corrected chi connectivity index (χ2v) is 7.14. The number of halogens is 3. The van der Waals surface area contributed by atoms with Crippen LogP contribution in [0, 0.1) is 0 Å². The van der Waals surface area contributed by atoms with Crippen LogP contribution in [-0.2, 0) is 13.1 Å². The summed E-state index contributed by atoms with van der Waals surface area (Å²) >= 11 is 0. The van der Waals surface area contributed by atoms with Gasteiger partial charge in [0.15, 0.2) is 5.60 Å². The predicted molar refractivity (Wildman–Crippen MR) is 95.4 cm³/mol. The van der Waals surface area contributed by atoms with Crippen LogP contribution in [0.15, 0.2) is 60.7 Å². The van der Waals surface area contributed by atoms with E-state index >= 15 is 0 Å². The van der Waals surface area contributed by atoms with Crippen LogP contribution in [0.3, 0.4) is 0 Å². The Morgan fingerprint density at radius 2 is 1.27 bits per heavy atom. The number of benzene rings is 2. The van der Waals surface area contributed by atoms with E-state index in [4.69, 9.17) is 0 Å². The first kappa shape index (κ1) is 18.9. The zero-order chi connectivity index (χ0) is 18.6. The zero-order valence-electron chi connectivity index (χ0n) is 14.6. The lowest BCUT2D eigenvalue weighted by Gasteiger charge is -2.41. The average Bonchev–Trinajstić information content (AvgIpc) is 2.63. The van der Waals surface area contributed by atoms with Gasteiger partial charge in [0, 0.05) is 19.1 Å². The molecule has 2 nitrogen and oxygen atoms in total. The second kappa shape index (κ2) is 7.80. The van der Waals surface area contributed by atoms with Gasteiger partial charge in [0.2, 0.25) is 0 Å². The van der Waals surface area contributed by atoms with E-state index in [1.54, 1.807) is 0 Å². The highest BCUT2D eigenvalue weighted by Crippen LogP contribution is 2.42. The van der Waals surface area contributed by atoms with Gasteiger partial charge in [-0.25, -0.2) is 0 Å². The number of rotatable bonds is 5. The largest absolute Gasteiger partial charge is 0.417 e. The molecule has 0 radical (unpaired) electrons. The number of hydrogen-bond donors (Lipinski definition) is 1. The number of alkyl halides is 3. The van der Waals surface area contributed by atoms with Crippen molar-refractivity contribution in [2.75, 3.05) is 0 Å². The molecule has 26 heavy (non-hydrogen) atoms. The van der Waals surface area contributed by atoms with Crippen molar-refractivity contribution >= 4 is 0 Å². The maximum absolute atomic E-state index is 13.1. The van der Waals surface area contributed by atoms with Crippen LogP contribution in [-0.4, -0.2) is 27.8 Å². The van der Waals surface area contributed by atoms with Gasteiger partial charge >= 0.3 is 6.18 Å². The minimum absolute atomic E-state index is 0.0260. The van der Waals surface area contributed by atoms with Crippen molar-refractivity contribution in [2.45, 2.75) is 56.6 Å². The summed E-state index contributed by atoms with van der Waals surface area (Å²) in [6, 6.07) is 20.0. The summed E-state index contributed by atoms with van der Waals surface area (Å²) in [5, 5.41) is 9.94. The summed E-state index contributed by atoms with van der Waals surface area (Å²) in [5.41, 5.74) is -0.255. The second-order valence-electron chi connectivity index (χ2n) is 7.14. The molecule has 0 unspecified atom stereocenters. The lowest BCUT2D eigenvalue weighted by atomic mass is 9.81. The van der Waals surface area contributed by atoms with E-state index in [1.807, 2.05) is 60.7 Å². The van der Waals surface area contributed by atoms with E-state index in [9.17, 15) is 18.3 Å². The lowest BCUT2D eigenvalue weighted by molar-refractivity contribution is -0.272. The van der Waals surface area contributed by atoms with E-state index < -0.39 is 11.8 Å². The third kappa shape index (κ3) is 4.46. The van der Waals surface area contributed by atoms with Gasteiger partial charge in [0.05, 0.1) is 0 Å². The van der Waals surface area contributed by atoms with E-state index in [0.29, 0.717) is 25.9 Å². The minimum Gasteiger partial charge on any atom is -0.380 e. The molecule has 0 aromatic heterocycles. The summed E-state index contributed by atoms with van der Waals surface area (Å²) in [6.45, 7) is 1.37. The zero-order valence-corrected chi connectivity index (χ0v) is 14.6. The Kier molecular flexibility index (Phi) is 5.68. The first-order valence-corrected chi connectivity index (χ1v) is 8.98. The molecular formula is C21H24F3NO. The first-order valence-electron chi connectivity index (χ1n) is 8.98. The molecular weight excluding hydrogens is 339 g/mol. The van der Waals surface area contributed by atoms with Crippen molar-refractivity contribution in [1.82, 2.24) is 4.90 Å². The quantitative estimate of drug-likeness (QED) is 0.815. The summed E-state index contributed by atoms with van der Waals surface area (Å²) < 4.78 is 39.3. The summed E-state index contributed by atoms with van der Waals surface area (Å²) in [4.78, 5) is 2.24. The van der Waals surface area contributed by atoms with Gasteiger partial charge in [-0.05, 0) is 36.8 Å². The standard InChI is InChI=1S/C21H24F3NO/c22-21(23,24)20(26)13-11-19(12-14-20)25(15-17-7-3-1-4-8-17)16-18-9-5-2-6-10-18/h1-10,19,26H,11-16H2/t19-,20-. The Bertz CT molecular complexity index is 638. The average molecular weight is 363 g/mol. The summed E-state index contributed by atoms with van der Waals surface area (Å²) in [5.74, 6) is 0. The molecule has 0 amide bonds. The smallest absolute Gasteiger partial charge is 0.380 e. The van der Waals surface area contributed by atoms with E-state index in [0.717, 1.165) is 11.1 Å². The van der Waals surface area contributed by atoms with Crippen molar-refractivity contribution in [3.05, 3.63) is 71.8 Å². The Morgan fingerprint density at radius 1 is 0.846 bits per heavy atom. The molecule has 0 atom stereocenters. The van der Waals surface area contributed by atoms with Gasteiger partial charge in [-0.1, -0.05) is 60.7 Å². The lowest BCUT2D eigenvalue weighted by Crippen LogP contribution is -2.51. The van der Waals surface area contributed by atoms with Crippen molar-refractivity contribution < 1.29 is 18.3 Å². The van der Waals surface area contributed by atoms with Gasteiger partial charge in [-0.2, -0.15) is 13.2 Å². The Hall–Kier alpha value is -1.85. The monoisotopic (exact) mass is 363 g/mol. The summed E-state index contributed by atoms with van der Waals surface area (Å²) in [7, 11) is 0. The molecule has 140 valence electrons. The van der Waals surface area contributed by atoms with Gasteiger partial charge < -0.3 is 5.11 Å². The van der Waals surface area contributed by atoms with Crippen LogP contribution in [0.2, 0.25) is 0 Å². The Morgan fingerprint density at radius 3 is 1.65 bits per heavy atom. The third-order valence-corrected chi connectivity index (χ3v) is 5.28. The fourth-order valence-electron chi connectivity index (χ4n) is 3.68. The molecule has 1 saturated carbocycles. The Labute approximate surface area is 152 Å². The fraction of sp³-hybridized carbons (Fsp3) is 0.429. The first-order chi connectivity index (χ1) is 12.4. The molecule has 3 rings (SSSR count). The molecule has 0 bridgehead atoms. The highest BCUT2D eigenvalue weighted by atomic mass is 19.4. The number of aliphatic hydroxyl groups is 1. The molecule has 0 heterocycles. The van der Waals surface area contributed by atoms with Crippen LogP contribution in [0.4, 0.5) is 13.2 Å². The minimum atomic E-state index is -4.55. The molecule has 1 aliphatic rings. The summed E-state index contributed by atoms with van der Waals surface area (Å²) in [6.07, 6.45) is -4.34. The topological polar surface area (TPSA) is 23.5 Å². The van der Waals surface area contributed by atoms with Gasteiger partial charge in [-0.3, -0.25) is 4.90 Å². The highest BCUT2D eigenvalue weighted by Gasteiger charge is 2.54. The van der Waals surface area contributed by atoms with Gasteiger partial charge in [0.1, 0.15) is 0 Å². The molecule has 1 fully saturated rings. The fourth-order valence-corrected chi connectivity index (χ4v) is 3.68. The number of nitrogens with zero attached hydrogens (tertiary/aromatic N) is 1. The van der Waals surface area contributed by atoms with E-state index in [-0.39, 0.29) is 18.9 Å². The van der Waals surface area contributed by atoms with E-state index in [1.165, 1.54) is 0 Å². The normalized spacial score (nSPS) is 24.0. The molecule has 1 N–H and O–H groups in total. The maximum atomic E-state index is 13.1. The van der Waals surface area contributed by atoms with Crippen LogP contribution in [0.1, 0.15) is 36.8 Å². The molecule has 2 aromatic rings. The molecule has 5 heteroatoms. The van der Waals surface area contributed by atoms with Crippen LogP contribution in [0.5, 0.6) is 0 Å². The van der Waals surface area contributed by atoms with Crippen molar-refractivity contribution in [3.8, 4) is 0 Å². The highest BCUT2D eigenvalue weighted by molar-refractivity contribution is 5.17. The molecule has 0 aliphatic heterocycles. The maximum Gasteiger partial charge on any atom is 0.417 e. The number of hydrogen-bond acceptors (Lipinski definition) is 2. The van der Waals surface area contributed by atoms with Crippen LogP contribution >= 0.6 is 0 Å². The molecule has 1 aliphatic carbocycles. The third-order valence-electron chi connectivity index (χ3n) is 5.28. The van der Waals surface area contributed by atoms with Crippen LogP contribution < -0.4 is 0 Å². The van der Waals surface area contributed by atoms with Gasteiger partial charge in [0.25, 0.3) is 0 Å². The van der Waals surface area contributed by atoms with Crippen molar-refractivity contribution in [2.24, 2.45) is 0 Å². The molecule has 0 saturated heterocycles. The molecule has 2 aromatic carbocycles. The Balaban J connectivity index is 1.73. The SMILES string of the molecule is O[C@]1(C(F)(F)F)CC[C@@H](N(Cc2ccccc2)Cc2ccccc2)CC1. The van der Waals surface area contributed by atoms with Gasteiger partial charge in [-0.15, -0.1) is 0 Å². The van der Waals surface area contributed by atoms with Crippen LogP contribution in [0.25, 0.3) is 0 Å².